The van der Waals surface area contributed by atoms with Crippen LogP contribution in [0.5, 0.6) is 11.5 Å². The molecular formula is C23H17F3N4O3. The highest BCUT2D eigenvalue weighted by Gasteiger charge is 2.43. The van der Waals surface area contributed by atoms with Gasteiger partial charge in [0.15, 0.2) is 5.69 Å². The number of carbonyl (C=O) groups is 1. The summed E-state index contributed by atoms with van der Waals surface area (Å²) in [6.07, 6.45) is -1.19. The zero-order chi connectivity index (χ0) is 23.1. The van der Waals surface area contributed by atoms with Crippen LogP contribution in [0.25, 0.3) is 5.52 Å². The lowest BCUT2D eigenvalue weighted by Crippen LogP contribution is -2.50. The molecule has 3 aromatic heterocycles. The molecule has 0 bridgehead atoms. The number of pyridine rings is 2. The summed E-state index contributed by atoms with van der Waals surface area (Å²) in [5.41, 5.74) is 0.797. The van der Waals surface area contributed by atoms with Crippen molar-refractivity contribution < 1.29 is 27.4 Å². The number of carbonyl (C=O) groups excluding carboxylic acids is 1. The molecule has 33 heavy (non-hydrogen) atoms. The van der Waals surface area contributed by atoms with Crippen molar-refractivity contribution in [1.82, 2.24) is 19.9 Å². The van der Waals surface area contributed by atoms with Crippen molar-refractivity contribution in [2.75, 3.05) is 6.61 Å². The maximum absolute atomic E-state index is 13.3. The van der Waals surface area contributed by atoms with Gasteiger partial charge in [0.25, 0.3) is 5.91 Å². The predicted octanol–water partition coefficient (Wildman–Crippen LogP) is 4.08. The highest BCUT2D eigenvalue weighted by atomic mass is 19.4. The number of hydrogen-bond acceptors (Lipinski definition) is 5. The minimum Gasteiger partial charge on any atom is -0.491 e. The maximum atomic E-state index is 13.3. The summed E-state index contributed by atoms with van der Waals surface area (Å²) < 4.78 is 49.1. The smallest absolute Gasteiger partial charge is 0.491 e. The van der Waals surface area contributed by atoms with E-state index in [0.29, 0.717) is 23.4 Å². The van der Waals surface area contributed by atoms with E-state index in [1.165, 1.54) is 24.3 Å². The molecule has 1 aliphatic heterocycles. The molecule has 0 radical (unpaired) electrons. The number of benzene rings is 1. The third kappa shape index (κ3) is 3.95. The zero-order valence-electron chi connectivity index (χ0n) is 17.0. The molecule has 168 valence electrons. The van der Waals surface area contributed by atoms with Gasteiger partial charge in [-0.25, -0.2) is 4.52 Å². The quantitative estimate of drug-likeness (QED) is 0.503. The Balaban J connectivity index is 1.56. The van der Waals surface area contributed by atoms with Gasteiger partial charge in [0.05, 0.1) is 12.1 Å². The lowest BCUT2D eigenvalue weighted by molar-refractivity contribution is -0.274. The van der Waals surface area contributed by atoms with Gasteiger partial charge in [-0.15, -0.1) is 13.2 Å². The summed E-state index contributed by atoms with van der Waals surface area (Å²) >= 11 is 0. The topological polar surface area (TPSA) is 77.8 Å². The Labute approximate surface area is 185 Å². The second kappa shape index (κ2) is 7.80. The third-order valence-electron chi connectivity index (χ3n) is 5.42. The molecule has 4 aromatic rings. The molecule has 10 heteroatoms. The van der Waals surface area contributed by atoms with Crippen LogP contribution in [-0.2, 0) is 5.54 Å². The lowest BCUT2D eigenvalue weighted by atomic mass is 9.81. The van der Waals surface area contributed by atoms with E-state index in [9.17, 15) is 18.0 Å². The van der Waals surface area contributed by atoms with Crippen LogP contribution in [0.3, 0.4) is 0 Å². The van der Waals surface area contributed by atoms with Crippen molar-refractivity contribution in [3.05, 3.63) is 90.0 Å². The predicted molar refractivity (Wildman–Crippen MR) is 111 cm³/mol. The van der Waals surface area contributed by atoms with Crippen LogP contribution < -0.4 is 14.8 Å². The first kappa shape index (κ1) is 20.8. The number of rotatable bonds is 4. The van der Waals surface area contributed by atoms with Crippen molar-refractivity contribution in [2.45, 2.75) is 18.3 Å². The molecule has 7 nitrogen and oxygen atoms in total. The zero-order valence-corrected chi connectivity index (χ0v) is 17.0. The summed E-state index contributed by atoms with van der Waals surface area (Å²) in [7, 11) is 0. The number of amides is 1. The lowest BCUT2D eigenvalue weighted by Gasteiger charge is -2.38. The van der Waals surface area contributed by atoms with E-state index in [4.69, 9.17) is 4.74 Å². The molecule has 0 saturated carbocycles. The summed E-state index contributed by atoms with van der Waals surface area (Å²) in [4.78, 5) is 17.7. The van der Waals surface area contributed by atoms with E-state index in [1.54, 1.807) is 41.2 Å². The van der Waals surface area contributed by atoms with E-state index in [1.807, 2.05) is 12.1 Å². The average molecular weight is 454 g/mol. The molecule has 1 aromatic carbocycles. The van der Waals surface area contributed by atoms with Gasteiger partial charge in [0.2, 0.25) is 0 Å². The van der Waals surface area contributed by atoms with Gasteiger partial charge >= 0.3 is 6.36 Å². The fourth-order valence-corrected chi connectivity index (χ4v) is 3.98. The number of halogens is 3. The molecule has 5 rings (SSSR count). The van der Waals surface area contributed by atoms with E-state index in [-0.39, 0.29) is 18.1 Å². The van der Waals surface area contributed by atoms with Gasteiger partial charge < -0.3 is 14.8 Å². The number of nitrogens with one attached hydrogen (secondary N) is 1. The molecule has 0 spiro atoms. The van der Waals surface area contributed by atoms with Gasteiger partial charge in [-0.1, -0.05) is 18.2 Å². The minimum absolute atomic E-state index is 0.196. The van der Waals surface area contributed by atoms with Crippen LogP contribution in [0.4, 0.5) is 13.2 Å². The fraction of sp³-hybridized carbons (Fsp3) is 0.174. The summed E-state index contributed by atoms with van der Waals surface area (Å²) in [5.74, 6) is -0.330. The van der Waals surface area contributed by atoms with E-state index in [0.717, 1.165) is 5.52 Å². The van der Waals surface area contributed by atoms with Crippen molar-refractivity contribution >= 4 is 11.4 Å². The highest BCUT2D eigenvalue weighted by Crippen LogP contribution is 2.41. The first-order chi connectivity index (χ1) is 15.8. The minimum atomic E-state index is -4.80. The SMILES string of the molecule is O=C(N[C@]1(c2ccc(OC(F)(F)F)cc2)CCOc2cccnc21)c1cc2ccccn2n1. The molecule has 4 heterocycles. The van der Waals surface area contributed by atoms with Crippen LogP contribution in [0.2, 0.25) is 0 Å². The Morgan fingerprint density at radius 1 is 1.12 bits per heavy atom. The van der Waals surface area contributed by atoms with Crippen molar-refractivity contribution in [2.24, 2.45) is 0 Å². The second-order valence-electron chi connectivity index (χ2n) is 7.48. The van der Waals surface area contributed by atoms with E-state index >= 15 is 0 Å². The maximum Gasteiger partial charge on any atom is 0.573 e. The Kier molecular flexibility index (Phi) is 4.92. The van der Waals surface area contributed by atoms with Crippen LogP contribution in [0, 0.1) is 0 Å². The van der Waals surface area contributed by atoms with Crippen LogP contribution >= 0.6 is 0 Å². The standard InChI is InChI=1S/C23H17F3N4O3/c24-23(25,26)33-17-8-6-15(7-9-17)22(10-13-32-19-5-3-11-27-20(19)22)28-21(31)18-14-16-4-1-2-12-30(16)29-18/h1-9,11-12,14H,10,13H2,(H,28,31)/t22-/m0/s1. The fourth-order valence-electron chi connectivity index (χ4n) is 3.98. The van der Waals surface area contributed by atoms with Gasteiger partial charge in [0.1, 0.15) is 22.7 Å². The molecular weight excluding hydrogens is 437 g/mol. The molecule has 1 amide bonds. The number of nitrogens with zero attached hydrogens (tertiary/aromatic N) is 3. The Bertz CT molecular complexity index is 1290. The molecule has 0 aliphatic carbocycles. The molecule has 1 N–H and O–H groups in total. The van der Waals surface area contributed by atoms with Crippen LogP contribution in [0.15, 0.2) is 73.1 Å². The molecule has 1 aliphatic rings. The number of aromatic nitrogens is 3. The molecule has 0 saturated heterocycles. The van der Waals surface area contributed by atoms with E-state index in [2.05, 4.69) is 20.1 Å². The number of fused-ring (bicyclic) bond motifs is 2. The normalized spacial score (nSPS) is 17.8. The molecule has 0 fully saturated rings. The number of ether oxygens (including phenoxy) is 2. The first-order valence-corrected chi connectivity index (χ1v) is 10.1. The molecule has 0 unspecified atom stereocenters. The Morgan fingerprint density at radius 3 is 2.70 bits per heavy atom. The van der Waals surface area contributed by atoms with Crippen LogP contribution in [0.1, 0.15) is 28.2 Å². The van der Waals surface area contributed by atoms with Gasteiger partial charge in [-0.2, -0.15) is 5.10 Å². The van der Waals surface area contributed by atoms with E-state index < -0.39 is 17.8 Å². The van der Waals surface area contributed by atoms with Gasteiger partial charge in [-0.3, -0.25) is 9.78 Å². The first-order valence-electron chi connectivity index (χ1n) is 10.1. The van der Waals surface area contributed by atoms with Gasteiger partial charge in [0, 0.05) is 18.8 Å². The second-order valence-corrected chi connectivity index (χ2v) is 7.48. The summed E-state index contributed by atoms with van der Waals surface area (Å²) in [6, 6.07) is 15.9. The van der Waals surface area contributed by atoms with Crippen molar-refractivity contribution in [3.63, 3.8) is 0 Å². The largest absolute Gasteiger partial charge is 0.573 e. The number of hydrogen-bond donors (Lipinski definition) is 1. The monoisotopic (exact) mass is 454 g/mol. The Morgan fingerprint density at radius 2 is 1.94 bits per heavy atom. The summed E-state index contributed by atoms with van der Waals surface area (Å²) in [5, 5.41) is 7.35. The highest BCUT2D eigenvalue weighted by molar-refractivity contribution is 5.94. The Hall–Kier alpha value is -4.08. The number of alkyl halides is 3. The third-order valence-corrected chi connectivity index (χ3v) is 5.42. The average Bonchev–Trinajstić information content (AvgIpc) is 3.23. The van der Waals surface area contributed by atoms with Crippen molar-refractivity contribution in [3.8, 4) is 11.5 Å². The van der Waals surface area contributed by atoms with Gasteiger partial charge in [-0.05, 0) is 48.0 Å². The van der Waals surface area contributed by atoms with Crippen molar-refractivity contribution in [1.29, 1.82) is 0 Å². The van der Waals surface area contributed by atoms with Crippen LogP contribution in [-0.4, -0.2) is 33.5 Å². The summed E-state index contributed by atoms with van der Waals surface area (Å²) in [6.45, 7) is 0.269. The molecule has 1 atom stereocenters.